The standard InChI is InChI=1S/C11H13F3O2/c1-2-9(15)7-16-10-5-3-8(4-6-10)11(12,13)14/h3-6,9,15H,2,7H2,1H3/t9-/m0/s1. The quantitative estimate of drug-likeness (QED) is 0.868. The summed E-state index contributed by atoms with van der Waals surface area (Å²) < 4.78 is 41.7. The van der Waals surface area contributed by atoms with Gasteiger partial charge in [-0.15, -0.1) is 0 Å². The van der Waals surface area contributed by atoms with Gasteiger partial charge >= 0.3 is 6.18 Å². The number of rotatable bonds is 4. The molecule has 0 unspecified atom stereocenters. The molecule has 1 aromatic rings. The summed E-state index contributed by atoms with van der Waals surface area (Å²) in [5, 5.41) is 9.20. The van der Waals surface area contributed by atoms with E-state index in [4.69, 9.17) is 4.74 Å². The summed E-state index contributed by atoms with van der Waals surface area (Å²) in [4.78, 5) is 0. The second-order valence-electron chi connectivity index (χ2n) is 3.40. The molecule has 0 amide bonds. The van der Waals surface area contributed by atoms with E-state index in [9.17, 15) is 18.3 Å². The lowest BCUT2D eigenvalue weighted by Gasteiger charge is -2.11. The molecule has 0 fully saturated rings. The molecular weight excluding hydrogens is 221 g/mol. The first kappa shape index (κ1) is 12.8. The molecule has 1 N–H and O–H groups in total. The summed E-state index contributed by atoms with van der Waals surface area (Å²) >= 11 is 0. The number of aliphatic hydroxyl groups excluding tert-OH is 1. The Kier molecular flexibility index (Phi) is 4.18. The van der Waals surface area contributed by atoms with E-state index in [1.165, 1.54) is 12.1 Å². The predicted octanol–water partition coefficient (Wildman–Crippen LogP) is 2.86. The Labute approximate surface area is 91.7 Å². The van der Waals surface area contributed by atoms with Gasteiger partial charge in [0.2, 0.25) is 0 Å². The molecular formula is C11H13F3O2. The number of benzene rings is 1. The number of aliphatic hydroxyl groups is 1. The van der Waals surface area contributed by atoms with E-state index in [-0.39, 0.29) is 6.61 Å². The van der Waals surface area contributed by atoms with Crippen LogP contribution in [0.1, 0.15) is 18.9 Å². The fourth-order valence-electron chi connectivity index (χ4n) is 1.05. The van der Waals surface area contributed by atoms with Crippen LogP contribution in [0.2, 0.25) is 0 Å². The Morgan fingerprint density at radius 1 is 1.25 bits per heavy atom. The molecule has 0 aromatic heterocycles. The first-order valence-corrected chi connectivity index (χ1v) is 4.91. The fraction of sp³-hybridized carbons (Fsp3) is 0.455. The summed E-state index contributed by atoms with van der Waals surface area (Å²) in [5.41, 5.74) is -0.712. The molecule has 0 aliphatic heterocycles. The minimum atomic E-state index is -4.33. The van der Waals surface area contributed by atoms with E-state index in [1.807, 2.05) is 0 Å². The van der Waals surface area contributed by atoms with Crippen molar-refractivity contribution in [2.24, 2.45) is 0 Å². The largest absolute Gasteiger partial charge is 0.491 e. The fourth-order valence-corrected chi connectivity index (χ4v) is 1.05. The van der Waals surface area contributed by atoms with Crippen LogP contribution in [-0.2, 0) is 6.18 Å². The Morgan fingerprint density at radius 2 is 1.81 bits per heavy atom. The van der Waals surface area contributed by atoms with Gasteiger partial charge in [-0.3, -0.25) is 0 Å². The topological polar surface area (TPSA) is 29.5 Å². The van der Waals surface area contributed by atoms with Crippen LogP contribution in [0.4, 0.5) is 13.2 Å². The molecule has 0 bridgehead atoms. The second-order valence-corrected chi connectivity index (χ2v) is 3.40. The van der Waals surface area contributed by atoms with Gasteiger partial charge in [-0.25, -0.2) is 0 Å². The average Bonchev–Trinajstić information content (AvgIpc) is 2.25. The molecule has 0 aliphatic carbocycles. The van der Waals surface area contributed by atoms with Crippen LogP contribution in [0.15, 0.2) is 24.3 Å². The first-order valence-electron chi connectivity index (χ1n) is 4.91. The van der Waals surface area contributed by atoms with Gasteiger partial charge in [-0.2, -0.15) is 13.2 Å². The summed E-state index contributed by atoms with van der Waals surface area (Å²) in [7, 11) is 0. The number of halogens is 3. The molecule has 5 heteroatoms. The third-order valence-corrected chi connectivity index (χ3v) is 2.10. The highest BCUT2D eigenvalue weighted by molar-refractivity contribution is 5.28. The van der Waals surface area contributed by atoms with Gasteiger partial charge < -0.3 is 9.84 Å². The summed E-state index contributed by atoms with van der Waals surface area (Å²) in [6.07, 6.45) is -4.38. The molecule has 90 valence electrons. The van der Waals surface area contributed by atoms with Crippen LogP contribution in [-0.4, -0.2) is 17.8 Å². The van der Waals surface area contributed by atoms with Gasteiger partial charge in [0.25, 0.3) is 0 Å². The van der Waals surface area contributed by atoms with E-state index >= 15 is 0 Å². The maximum atomic E-state index is 12.2. The third-order valence-electron chi connectivity index (χ3n) is 2.10. The van der Waals surface area contributed by atoms with Crippen molar-refractivity contribution in [1.82, 2.24) is 0 Å². The second kappa shape index (κ2) is 5.21. The normalized spacial score (nSPS) is 13.6. The molecule has 0 heterocycles. The summed E-state index contributed by atoms with van der Waals surface area (Å²) in [6.45, 7) is 1.88. The maximum absolute atomic E-state index is 12.2. The van der Waals surface area contributed by atoms with Crippen LogP contribution >= 0.6 is 0 Å². The Hall–Kier alpha value is -1.23. The predicted molar refractivity (Wildman–Crippen MR) is 53.2 cm³/mol. The van der Waals surface area contributed by atoms with Crippen molar-refractivity contribution in [3.63, 3.8) is 0 Å². The molecule has 2 nitrogen and oxygen atoms in total. The van der Waals surface area contributed by atoms with Gasteiger partial charge in [-0.1, -0.05) is 6.92 Å². The van der Waals surface area contributed by atoms with Gasteiger partial charge in [0, 0.05) is 0 Å². The van der Waals surface area contributed by atoms with E-state index in [2.05, 4.69) is 0 Å². The molecule has 0 aliphatic rings. The highest BCUT2D eigenvalue weighted by Crippen LogP contribution is 2.30. The number of hydrogen-bond donors (Lipinski definition) is 1. The minimum absolute atomic E-state index is 0.0852. The maximum Gasteiger partial charge on any atom is 0.416 e. The van der Waals surface area contributed by atoms with Crippen molar-refractivity contribution in [2.45, 2.75) is 25.6 Å². The number of alkyl halides is 3. The van der Waals surface area contributed by atoms with Crippen molar-refractivity contribution in [1.29, 1.82) is 0 Å². The highest BCUT2D eigenvalue weighted by Gasteiger charge is 2.29. The monoisotopic (exact) mass is 234 g/mol. The van der Waals surface area contributed by atoms with Crippen LogP contribution < -0.4 is 4.74 Å². The van der Waals surface area contributed by atoms with E-state index in [0.29, 0.717) is 12.2 Å². The van der Waals surface area contributed by atoms with Crippen LogP contribution in [0, 0.1) is 0 Å². The highest BCUT2D eigenvalue weighted by atomic mass is 19.4. The zero-order valence-electron chi connectivity index (χ0n) is 8.79. The molecule has 1 aromatic carbocycles. The lowest BCUT2D eigenvalue weighted by molar-refractivity contribution is -0.137. The van der Waals surface area contributed by atoms with E-state index in [0.717, 1.165) is 12.1 Å². The van der Waals surface area contributed by atoms with E-state index < -0.39 is 17.8 Å². The Bertz CT molecular complexity index is 319. The van der Waals surface area contributed by atoms with Crippen LogP contribution in [0.3, 0.4) is 0 Å². The van der Waals surface area contributed by atoms with Gasteiger partial charge in [0.15, 0.2) is 0 Å². The van der Waals surface area contributed by atoms with Crippen molar-refractivity contribution in [3.05, 3.63) is 29.8 Å². The first-order chi connectivity index (χ1) is 7.43. The third kappa shape index (κ3) is 3.73. The molecule has 16 heavy (non-hydrogen) atoms. The smallest absolute Gasteiger partial charge is 0.416 e. The molecule has 0 saturated carbocycles. The van der Waals surface area contributed by atoms with Crippen molar-refractivity contribution in [3.8, 4) is 5.75 Å². The average molecular weight is 234 g/mol. The van der Waals surface area contributed by atoms with Crippen molar-refractivity contribution >= 4 is 0 Å². The lowest BCUT2D eigenvalue weighted by Crippen LogP contribution is -2.16. The van der Waals surface area contributed by atoms with Crippen molar-refractivity contribution < 1.29 is 23.0 Å². The van der Waals surface area contributed by atoms with Crippen LogP contribution in [0.25, 0.3) is 0 Å². The minimum Gasteiger partial charge on any atom is -0.491 e. The Balaban J connectivity index is 2.58. The van der Waals surface area contributed by atoms with Gasteiger partial charge in [-0.05, 0) is 30.7 Å². The summed E-state index contributed by atoms with van der Waals surface area (Å²) in [5.74, 6) is 0.320. The molecule has 0 radical (unpaired) electrons. The Morgan fingerprint density at radius 3 is 2.25 bits per heavy atom. The lowest BCUT2D eigenvalue weighted by atomic mass is 10.2. The van der Waals surface area contributed by atoms with Gasteiger partial charge in [0.05, 0.1) is 11.7 Å². The molecule has 1 rings (SSSR count). The molecule has 0 saturated heterocycles. The number of hydrogen-bond acceptors (Lipinski definition) is 2. The zero-order chi connectivity index (χ0) is 12.2. The molecule has 1 atom stereocenters. The van der Waals surface area contributed by atoms with Gasteiger partial charge in [0.1, 0.15) is 12.4 Å². The van der Waals surface area contributed by atoms with Crippen LogP contribution in [0.5, 0.6) is 5.75 Å². The van der Waals surface area contributed by atoms with E-state index in [1.54, 1.807) is 6.92 Å². The van der Waals surface area contributed by atoms with Crippen molar-refractivity contribution in [2.75, 3.05) is 6.61 Å². The number of ether oxygens (including phenoxy) is 1. The molecule has 0 spiro atoms. The zero-order valence-corrected chi connectivity index (χ0v) is 8.79. The summed E-state index contributed by atoms with van der Waals surface area (Å²) in [6, 6.07) is 4.39. The SMILES string of the molecule is CC[C@H](O)COc1ccc(C(F)(F)F)cc1.